The maximum Gasteiger partial charge on any atom is 0.309 e. The van der Waals surface area contributed by atoms with E-state index in [0.717, 1.165) is 12.8 Å². The second kappa shape index (κ2) is 1.61. The fourth-order valence-electron chi connectivity index (χ4n) is 2.92. The quantitative estimate of drug-likeness (QED) is 0.497. The molecular formula is C8H10O3. The Balaban J connectivity index is 2.04. The van der Waals surface area contributed by atoms with E-state index in [4.69, 9.17) is 4.74 Å². The first-order valence-corrected chi connectivity index (χ1v) is 4.16. The van der Waals surface area contributed by atoms with Crippen LogP contribution < -0.4 is 0 Å². The van der Waals surface area contributed by atoms with Crippen molar-refractivity contribution in [3.8, 4) is 0 Å². The minimum Gasteiger partial charge on any atom is -0.459 e. The highest BCUT2D eigenvalue weighted by Crippen LogP contribution is 2.54. The molecule has 1 aliphatic heterocycles. The Labute approximate surface area is 64.3 Å². The Hall–Kier alpha value is -0.570. The molecule has 1 N–H and O–H groups in total. The number of hydrogen-bond acceptors (Lipinski definition) is 3. The number of esters is 1. The predicted octanol–water partition coefficient (Wildman–Crippen LogP) is -0.0713. The molecule has 1 saturated heterocycles. The number of rotatable bonds is 0. The molecule has 0 spiro atoms. The molecule has 1 heterocycles. The van der Waals surface area contributed by atoms with Crippen LogP contribution in [0.4, 0.5) is 0 Å². The lowest BCUT2D eigenvalue weighted by Gasteiger charge is -2.19. The van der Waals surface area contributed by atoms with E-state index in [1.165, 1.54) is 0 Å². The van der Waals surface area contributed by atoms with Crippen molar-refractivity contribution >= 4 is 5.97 Å². The van der Waals surface area contributed by atoms with Gasteiger partial charge in [0, 0.05) is 5.92 Å². The highest BCUT2D eigenvalue weighted by atomic mass is 16.6. The zero-order valence-corrected chi connectivity index (χ0v) is 6.06. The first-order valence-electron chi connectivity index (χ1n) is 4.16. The summed E-state index contributed by atoms with van der Waals surface area (Å²) in [5.74, 6) is 0.761. The van der Waals surface area contributed by atoms with Crippen LogP contribution in [0, 0.1) is 17.8 Å². The Kier molecular flexibility index (Phi) is 0.876. The zero-order chi connectivity index (χ0) is 7.59. The summed E-state index contributed by atoms with van der Waals surface area (Å²) in [5, 5.41) is 9.55. The van der Waals surface area contributed by atoms with E-state index < -0.39 is 0 Å². The summed E-state index contributed by atoms with van der Waals surface area (Å²) in [6, 6.07) is 0. The number of fused-ring (bicyclic) bond motifs is 1. The van der Waals surface area contributed by atoms with Gasteiger partial charge in [-0.3, -0.25) is 4.79 Å². The van der Waals surface area contributed by atoms with Crippen molar-refractivity contribution in [3.63, 3.8) is 0 Å². The Morgan fingerprint density at radius 2 is 2.27 bits per heavy atom. The number of carbonyl (C=O) groups is 1. The van der Waals surface area contributed by atoms with E-state index in [9.17, 15) is 9.90 Å². The van der Waals surface area contributed by atoms with Crippen molar-refractivity contribution < 1.29 is 14.6 Å². The highest BCUT2D eigenvalue weighted by molar-refractivity contribution is 5.76. The van der Waals surface area contributed by atoms with Crippen LogP contribution in [-0.4, -0.2) is 23.3 Å². The topological polar surface area (TPSA) is 46.5 Å². The molecule has 2 saturated carbocycles. The average Bonchev–Trinajstić information content (AvgIpc) is 2.53. The van der Waals surface area contributed by atoms with Crippen LogP contribution in [0.3, 0.4) is 0 Å². The van der Waals surface area contributed by atoms with Crippen molar-refractivity contribution in [2.45, 2.75) is 25.0 Å². The largest absolute Gasteiger partial charge is 0.459 e. The standard InChI is InChI=1S/C8H10O3/c9-6-3-1-4-5(2-3)8(10)11-7(4)6/h3-7,9H,1-2H2/t3-,4-,5+,6+,7+/m1/s1. The average molecular weight is 154 g/mol. The summed E-state index contributed by atoms with van der Waals surface area (Å²) < 4.78 is 5.06. The third-order valence-electron chi connectivity index (χ3n) is 3.44. The zero-order valence-electron chi connectivity index (χ0n) is 6.06. The van der Waals surface area contributed by atoms with Crippen molar-refractivity contribution in [2.24, 2.45) is 17.8 Å². The molecule has 11 heavy (non-hydrogen) atoms. The van der Waals surface area contributed by atoms with Crippen molar-refractivity contribution in [1.82, 2.24) is 0 Å². The van der Waals surface area contributed by atoms with Crippen LogP contribution in [0.15, 0.2) is 0 Å². The van der Waals surface area contributed by atoms with Gasteiger partial charge in [-0.2, -0.15) is 0 Å². The summed E-state index contributed by atoms with van der Waals surface area (Å²) in [6.07, 6.45) is 1.36. The van der Waals surface area contributed by atoms with Gasteiger partial charge in [0.15, 0.2) is 0 Å². The van der Waals surface area contributed by atoms with Gasteiger partial charge in [0.2, 0.25) is 0 Å². The van der Waals surface area contributed by atoms with Gasteiger partial charge in [-0.05, 0) is 18.8 Å². The molecule has 3 rings (SSSR count). The highest BCUT2D eigenvalue weighted by Gasteiger charge is 2.61. The Morgan fingerprint density at radius 1 is 1.45 bits per heavy atom. The molecule has 0 radical (unpaired) electrons. The molecule has 3 fully saturated rings. The maximum absolute atomic E-state index is 11.1. The lowest BCUT2D eigenvalue weighted by atomic mass is 9.88. The van der Waals surface area contributed by atoms with Crippen LogP contribution >= 0.6 is 0 Å². The van der Waals surface area contributed by atoms with E-state index in [0.29, 0.717) is 11.8 Å². The lowest BCUT2D eigenvalue weighted by molar-refractivity contribution is -0.145. The smallest absolute Gasteiger partial charge is 0.309 e. The minimum absolute atomic E-state index is 0.0703. The van der Waals surface area contributed by atoms with Crippen LogP contribution in [0.1, 0.15) is 12.8 Å². The van der Waals surface area contributed by atoms with Gasteiger partial charge >= 0.3 is 5.97 Å². The van der Waals surface area contributed by atoms with Crippen molar-refractivity contribution in [1.29, 1.82) is 0 Å². The van der Waals surface area contributed by atoms with Crippen LogP contribution in [0.5, 0.6) is 0 Å². The minimum atomic E-state index is -0.359. The predicted molar refractivity (Wildman–Crippen MR) is 35.6 cm³/mol. The first-order chi connectivity index (χ1) is 5.27. The monoisotopic (exact) mass is 154 g/mol. The van der Waals surface area contributed by atoms with E-state index in [2.05, 4.69) is 0 Å². The van der Waals surface area contributed by atoms with Crippen LogP contribution in [0.25, 0.3) is 0 Å². The molecule has 2 aliphatic carbocycles. The molecule has 3 aliphatic rings. The lowest BCUT2D eigenvalue weighted by Crippen LogP contribution is -2.31. The molecule has 0 aromatic carbocycles. The molecule has 60 valence electrons. The van der Waals surface area contributed by atoms with E-state index >= 15 is 0 Å². The molecule has 0 unspecified atom stereocenters. The van der Waals surface area contributed by atoms with Gasteiger partial charge in [-0.1, -0.05) is 0 Å². The van der Waals surface area contributed by atoms with Gasteiger partial charge in [-0.25, -0.2) is 0 Å². The Bertz CT molecular complexity index is 225. The number of ether oxygens (including phenoxy) is 1. The van der Waals surface area contributed by atoms with Gasteiger partial charge in [0.05, 0.1) is 12.0 Å². The third-order valence-corrected chi connectivity index (χ3v) is 3.44. The fourth-order valence-corrected chi connectivity index (χ4v) is 2.92. The molecule has 3 nitrogen and oxygen atoms in total. The summed E-state index contributed by atoms with van der Waals surface area (Å²) in [6.45, 7) is 0. The van der Waals surface area contributed by atoms with Crippen LogP contribution in [0.2, 0.25) is 0 Å². The number of aliphatic hydroxyl groups excluding tert-OH is 1. The molecule has 3 heteroatoms. The SMILES string of the molecule is O=C1O[C@@H]2[C@@H](O)[C@@H]3C[C@@H]2[C@@H]1C3. The fraction of sp³-hybridized carbons (Fsp3) is 0.875. The third kappa shape index (κ3) is 0.527. The van der Waals surface area contributed by atoms with E-state index in [1.807, 2.05) is 0 Å². The second-order valence-electron chi connectivity index (χ2n) is 3.89. The molecule has 0 aromatic rings. The number of carbonyl (C=O) groups excluding carboxylic acids is 1. The van der Waals surface area contributed by atoms with Crippen molar-refractivity contribution in [3.05, 3.63) is 0 Å². The van der Waals surface area contributed by atoms with Gasteiger partial charge in [0.25, 0.3) is 0 Å². The first kappa shape index (κ1) is 6.00. The van der Waals surface area contributed by atoms with E-state index in [1.54, 1.807) is 0 Å². The van der Waals surface area contributed by atoms with Crippen molar-refractivity contribution in [2.75, 3.05) is 0 Å². The summed E-state index contributed by atoms with van der Waals surface area (Å²) >= 11 is 0. The maximum atomic E-state index is 11.1. The molecule has 2 bridgehead atoms. The Morgan fingerprint density at radius 3 is 2.91 bits per heavy atom. The van der Waals surface area contributed by atoms with Gasteiger partial charge in [0.1, 0.15) is 6.10 Å². The molecule has 5 atom stereocenters. The van der Waals surface area contributed by atoms with Crippen LogP contribution in [-0.2, 0) is 9.53 Å². The molecule has 0 amide bonds. The number of aliphatic hydroxyl groups is 1. The molecular weight excluding hydrogens is 144 g/mol. The number of hydrogen-bond donors (Lipinski definition) is 1. The summed E-state index contributed by atoms with van der Waals surface area (Å²) in [7, 11) is 0. The van der Waals surface area contributed by atoms with Gasteiger partial charge < -0.3 is 9.84 Å². The summed E-state index contributed by atoms with van der Waals surface area (Å²) in [4.78, 5) is 11.1. The molecule has 0 aromatic heterocycles. The summed E-state index contributed by atoms with van der Waals surface area (Å²) in [5.41, 5.74) is 0. The second-order valence-corrected chi connectivity index (χ2v) is 3.89. The normalized spacial score (nSPS) is 58.6. The van der Waals surface area contributed by atoms with Gasteiger partial charge in [-0.15, -0.1) is 0 Å². The van der Waals surface area contributed by atoms with E-state index in [-0.39, 0.29) is 24.1 Å².